The first kappa shape index (κ1) is 25.1. The Hall–Kier alpha value is -2.01. The molecule has 188 valence electrons. The van der Waals surface area contributed by atoms with Crippen LogP contribution in [0.25, 0.3) is 0 Å². The number of ether oxygens (including phenoxy) is 1. The maximum absolute atomic E-state index is 13.8. The van der Waals surface area contributed by atoms with Gasteiger partial charge in [-0.15, -0.1) is 0 Å². The average Bonchev–Trinajstić information content (AvgIpc) is 2.84. The number of benzene rings is 1. The van der Waals surface area contributed by atoms with Gasteiger partial charge in [0.15, 0.2) is 0 Å². The fourth-order valence-corrected chi connectivity index (χ4v) is 6.95. The van der Waals surface area contributed by atoms with Crippen molar-refractivity contribution in [2.75, 3.05) is 50.8 Å². The Morgan fingerprint density at radius 2 is 1.79 bits per heavy atom. The molecule has 1 atom stereocenters. The quantitative estimate of drug-likeness (QED) is 0.341. The summed E-state index contributed by atoms with van der Waals surface area (Å²) in [6.07, 6.45) is 7.55. The Morgan fingerprint density at radius 3 is 2.35 bits per heavy atom. The van der Waals surface area contributed by atoms with Gasteiger partial charge in [-0.3, -0.25) is 15.0 Å². The second kappa shape index (κ2) is 9.93. The molecule has 3 aliphatic rings. The highest BCUT2D eigenvalue weighted by molar-refractivity contribution is 7.89. The lowest BCUT2D eigenvalue weighted by Gasteiger charge is -2.43. The van der Waals surface area contributed by atoms with Crippen molar-refractivity contribution in [2.24, 2.45) is 0 Å². The van der Waals surface area contributed by atoms with Crippen molar-refractivity contribution in [3.8, 4) is 0 Å². The molecule has 1 aromatic carbocycles. The Kier molecular flexibility index (Phi) is 7.33. The number of nitro groups is 1. The van der Waals surface area contributed by atoms with Crippen LogP contribution in [0.4, 0.5) is 11.4 Å². The summed E-state index contributed by atoms with van der Waals surface area (Å²) in [7, 11) is -3.80. The van der Waals surface area contributed by atoms with Crippen molar-refractivity contribution in [1.82, 2.24) is 9.21 Å². The predicted octanol–water partition coefficient (Wildman–Crippen LogP) is 3.32. The van der Waals surface area contributed by atoms with E-state index in [9.17, 15) is 18.5 Å². The molecule has 4 rings (SSSR count). The van der Waals surface area contributed by atoms with E-state index in [-0.39, 0.29) is 16.2 Å². The SMILES string of the molecule is CCC(C)N1CCN(S(=O)(=O)c2cc(C)c([N+](=O)[O-])cc2N2CCC3(CC=CCO3)CC2)CC1. The minimum atomic E-state index is -3.80. The van der Waals surface area contributed by atoms with Gasteiger partial charge in [0.1, 0.15) is 4.90 Å². The van der Waals surface area contributed by atoms with E-state index in [0.717, 1.165) is 25.7 Å². The molecule has 9 nitrogen and oxygen atoms in total. The van der Waals surface area contributed by atoms with E-state index in [1.807, 2.05) is 11.0 Å². The van der Waals surface area contributed by atoms with Crippen molar-refractivity contribution >= 4 is 21.4 Å². The fraction of sp³-hybridized carbons (Fsp3) is 0.667. The van der Waals surface area contributed by atoms with Gasteiger partial charge in [-0.2, -0.15) is 4.31 Å². The number of nitro benzene ring substituents is 1. The molecule has 0 aliphatic carbocycles. The number of aryl methyl sites for hydroxylation is 1. The first-order valence-electron chi connectivity index (χ1n) is 12.2. The molecule has 1 spiro atoms. The maximum atomic E-state index is 13.8. The Morgan fingerprint density at radius 1 is 1.12 bits per heavy atom. The van der Waals surface area contributed by atoms with Crippen LogP contribution in [0, 0.1) is 17.0 Å². The third kappa shape index (κ3) is 4.86. The molecule has 3 aliphatic heterocycles. The highest BCUT2D eigenvalue weighted by Gasteiger charge is 2.39. The van der Waals surface area contributed by atoms with Gasteiger partial charge in [-0.25, -0.2) is 8.42 Å². The molecule has 0 amide bonds. The smallest absolute Gasteiger partial charge is 0.274 e. The maximum Gasteiger partial charge on any atom is 0.274 e. The molecule has 0 aromatic heterocycles. The number of hydrogen-bond acceptors (Lipinski definition) is 7. The first-order chi connectivity index (χ1) is 16.2. The first-order valence-corrected chi connectivity index (χ1v) is 13.7. The number of rotatable bonds is 6. The summed E-state index contributed by atoms with van der Waals surface area (Å²) in [5, 5.41) is 11.7. The minimum Gasteiger partial charge on any atom is -0.370 e. The summed E-state index contributed by atoms with van der Waals surface area (Å²) in [4.78, 5) is 15.7. The molecule has 0 N–H and O–H groups in total. The number of piperazine rings is 1. The van der Waals surface area contributed by atoms with Crippen LogP contribution in [-0.2, 0) is 14.8 Å². The largest absolute Gasteiger partial charge is 0.370 e. The Bertz CT molecular complexity index is 1040. The molecule has 0 saturated carbocycles. The number of hydrogen-bond donors (Lipinski definition) is 0. The normalized spacial score (nSPS) is 22.7. The van der Waals surface area contributed by atoms with Gasteiger partial charge in [-0.05, 0) is 45.6 Å². The van der Waals surface area contributed by atoms with Gasteiger partial charge in [-0.1, -0.05) is 19.1 Å². The van der Waals surface area contributed by atoms with Gasteiger partial charge in [0.25, 0.3) is 5.69 Å². The van der Waals surface area contributed by atoms with Gasteiger partial charge in [0.05, 0.1) is 22.8 Å². The summed E-state index contributed by atoms with van der Waals surface area (Å²) in [6.45, 7) is 9.91. The molecular formula is C24H36N4O5S. The minimum absolute atomic E-state index is 0.0484. The third-order valence-electron chi connectivity index (χ3n) is 7.74. The van der Waals surface area contributed by atoms with E-state index >= 15 is 0 Å². The zero-order valence-electron chi connectivity index (χ0n) is 20.4. The summed E-state index contributed by atoms with van der Waals surface area (Å²) >= 11 is 0. The van der Waals surface area contributed by atoms with Crippen LogP contribution in [0.3, 0.4) is 0 Å². The molecular weight excluding hydrogens is 456 g/mol. The number of sulfonamides is 1. The van der Waals surface area contributed by atoms with E-state index < -0.39 is 14.9 Å². The Labute approximate surface area is 202 Å². The van der Waals surface area contributed by atoms with Crippen LogP contribution in [0.5, 0.6) is 0 Å². The molecule has 2 saturated heterocycles. The van der Waals surface area contributed by atoms with E-state index in [0.29, 0.717) is 63.2 Å². The standard InChI is InChI=1S/C24H36N4O5S/c1-4-20(3)25-12-14-27(15-13-25)34(31,32)23-17-19(2)21(28(29)30)18-22(23)26-10-8-24(9-11-26)7-5-6-16-33-24/h5-6,17-18,20H,4,7-16H2,1-3H3. The van der Waals surface area contributed by atoms with Gasteiger partial charge in [0, 0.05) is 56.9 Å². The van der Waals surface area contributed by atoms with Gasteiger partial charge < -0.3 is 9.64 Å². The molecule has 2 fully saturated rings. The number of piperidine rings is 1. The lowest BCUT2D eigenvalue weighted by Crippen LogP contribution is -2.51. The predicted molar refractivity (Wildman–Crippen MR) is 132 cm³/mol. The topological polar surface area (TPSA) is 96.2 Å². The summed E-state index contributed by atoms with van der Waals surface area (Å²) in [5.74, 6) is 0. The summed E-state index contributed by atoms with van der Waals surface area (Å²) < 4.78 is 35.2. The van der Waals surface area contributed by atoms with Crippen LogP contribution >= 0.6 is 0 Å². The monoisotopic (exact) mass is 492 g/mol. The second-order valence-electron chi connectivity index (χ2n) is 9.72. The molecule has 1 unspecified atom stereocenters. The van der Waals surface area contributed by atoms with Crippen molar-refractivity contribution in [3.63, 3.8) is 0 Å². The number of anilines is 1. The third-order valence-corrected chi connectivity index (χ3v) is 9.66. The second-order valence-corrected chi connectivity index (χ2v) is 11.6. The Balaban J connectivity index is 1.63. The van der Waals surface area contributed by atoms with Gasteiger partial charge in [0.2, 0.25) is 10.0 Å². The molecule has 0 bridgehead atoms. The number of nitrogens with zero attached hydrogens (tertiary/aromatic N) is 4. The lowest BCUT2D eigenvalue weighted by atomic mass is 9.86. The zero-order valence-corrected chi connectivity index (χ0v) is 21.2. The molecule has 3 heterocycles. The van der Waals surface area contributed by atoms with E-state index in [4.69, 9.17) is 4.74 Å². The van der Waals surface area contributed by atoms with Crippen molar-refractivity contribution in [2.45, 2.75) is 63.0 Å². The fourth-order valence-electron chi connectivity index (χ4n) is 5.24. The van der Waals surface area contributed by atoms with Crippen molar-refractivity contribution < 1.29 is 18.1 Å². The molecule has 34 heavy (non-hydrogen) atoms. The molecule has 1 aromatic rings. The lowest BCUT2D eigenvalue weighted by molar-refractivity contribution is -0.385. The van der Waals surface area contributed by atoms with Crippen molar-refractivity contribution in [1.29, 1.82) is 0 Å². The highest BCUT2D eigenvalue weighted by Crippen LogP contribution is 2.39. The highest BCUT2D eigenvalue weighted by atomic mass is 32.2. The average molecular weight is 493 g/mol. The van der Waals surface area contributed by atoms with Crippen LogP contribution in [0.1, 0.15) is 45.1 Å². The van der Waals surface area contributed by atoms with Crippen LogP contribution < -0.4 is 4.90 Å². The summed E-state index contributed by atoms with van der Waals surface area (Å²) in [5.41, 5.74) is 0.531. The van der Waals surface area contributed by atoms with E-state index in [1.165, 1.54) is 16.4 Å². The van der Waals surface area contributed by atoms with Crippen LogP contribution in [0.2, 0.25) is 0 Å². The molecule has 0 radical (unpaired) electrons. The zero-order chi connectivity index (χ0) is 24.5. The van der Waals surface area contributed by atoms with Crippen LogP contribution in [-0.4, -0.2) is 80.1 Å². The molecule has 10 heteroatoms. The summed E-state index contributed by atoms with van der Waals surface area (Å²) in [6, 6.07) is 3.37. The van der Waals surface area contributed by atoms with Crippen LogP contribution in [0.15, 0.2) is 29.2 Å². The van der Waals surface area contributed by atoms with Gasteiger partial charge >= 0.3 is 0 Å². The van der Waals surface area contributed by atoms with E-state index in [2.05, 4.69) is 24.8 Å². The van der Waals surface area contributed by atoms with E-state index in [1.54, 1.807) is 6.92 Å². The van der Waals surface area contributed by atoms with Crippen molar-refractivity contribution in [3.05, 3.63) is 40.0 Å².